The third kappa shape index (κ3) is 3.90. The normalized spacial score (nSPS) is 16.6. The maximum absolute atomic E-state index is 4.68. The van der Waals surface area contributed by atoms with Crippen LogP contribution in [0.1, 0.15) is 31.5 Å². The molecule has 20 heavy (non-hydrogen) atoms. The summed E-state index contributed by atoms with van der Waals surface area (Å²) in [4.78, 5) is 14.0. The molecule has 0 bridgehead atoms. The highest BCUT2D eigenvalue weighted by Crippen LogP contribution is 2.13. The molecule has 0 aromatic carbocycles. The van der Waals surface area contributed by atoms with E-state index in [2.05, 4.69) is 45.9 Å². The third-order valence-corrected chi connectivity index (χ3v) is 3.83. The van der Waals surface area contributed by atoms with Crippen LogP contribution in [0.25, 0.3) is 0 Å². The van der Waals surface area contributed by atoms with Crippen molar-refractivity contribution in [1.29, 1.82) is 0 Å². The first-order valence-corrected chi connectivity index (χ1v) is 7.75. The Balaban J connectivity index is 1.95. The van der Waals surface area contributed by atoms with Crippen molar-refractivity contribution in [2.45, 2.75) is 33.7 Å². The largest absolute Gasteiger partial charge is 0.338 e. The van der Waals surface area contributed by atoms with Crippen molar-refractivity contribution in [3.8, 4) is 0 Å². The van der Waals surface area contributed by atoms with E-state index >= 15 is 0 Å². The van der Waals surface area contributed by atoms with Gasteiger partial charge in [-0.1, -0.05) is 13.8 Å². The van der Waals surface area contributed by atoms with E-state index in [1.54, 1.807) is 0 Å². The smallest absolute Gasteiger partial charge is 0.225 e. The summed E-state index contributed by atoms with van der Waals surface area (Å²) < 4.78 is 0. The summed E-state index contributed by atoms with van der Waals surface area (Å²) >= 11 is 0. The van der Waals surface area contributed by atoms with Gasteiger partial charge in [0.05, 0.1) is 0 Å². The van der Waals surface area contributed by atoms with Crippen LogP contribution >= 0.6 is 0 Å². The minimum atomic E-state index is 0.854. The Morgan fingerprint density at radius 3 is 2.55 bits per heavy atom. The molecule has 5 nitrogen and oxygen atoms in total. The van der Waals surface area contributed by atoms with Crippen molar-refractivity contribution in [3.63, 3.8) is 0 Å². The van der Waals surface area contributed by atoms with Gasteiger partial charge in [0.15, 0.2) is 0 Å². The predicted octanol–water partition coefficient (Wildman–Crippen LogP) is 1.43. The SMILES string of the molecule is CCCN1CCN(c2ncc(CNCC)c(C)n2)CC1. The minimum Gasteiger partial charge on any atom is -0.338 e. The van der Waals surface area contributed by atoms with Crippen molar-refractivity contribution in [3.05, 3.63) is 17.5 Å². The number of rotatable bonds is 6. The Bertz CT molecular complexity index is 413. The van der Waals surface area contributed by atoms with Gasteiger partial charge >= 0.3 is 0 Å². The summed E-state index contributed by atoms with van der Waals surface area (Å²) in [5.74, 6) is 0.888. The lowest BCUT2D eigenvalue weighted by Gasteiger charge is -2.34. The molecule has 0 atom stereocenters. The van der Waals surface area contributed by atoms with E-state index in [1.165, 1.54) is 18.5 Å². The van der Waals surface area contributed by atoms with Crippen molar-refractivity contribution in [2.75, 3.05) is 44.2 Å². The molecule has 1 saturated heterocycles. The molecular weight excluding hydrogens is 250 g/mol. The Hall–Kier alpha value is -1.20. The highest BCUT2D eigenvalue weighted by Gasteiger charge is 2.18. The second-order valence-corrected chi connectivity index (χ2v) is 5.39. The van der Waals surface area contributed by atoms with Crippen LogP contribution in [0.4, 0.5) is 5.95 Å². The molecule has 0 saturated carbocycles. The van der Waals surface area contributed by atoms with Crippen LogP contribution in [-0.4, -0.2) is 54.1 Å². The Labute approximate surface area is 122 Å². The molecule has 1 fully saturated rings. The number of piperazine rings is 1. The average molecular weight is 277 g/mol. The van der Waals surface area contributed by atoms with Gasteiger partial charge in [-0.25, -0.2) is 9.97 Å². The van der Waals surface area contributed by atoms with Crippen LogP contribution in [0.3, 0.4) is 0 Å². The van der Waals surface area contributed by atoms with Gasteiger partial charge in [0.2, 0.25) is 5.95 Å². The molecule has 1 aromatic heterocycles. The maximum Gasteiger partial charge on any atom is 0.225 e. The summed E-state index contributed by atoms with van der Waals surface area (Å²) in [5.41, 5.74) is 2.28. The van der Waals surface area contributed by atoms with E-state index in [1.807, 2.05) is 6.20 Å². The molecule has 0 aliphatic carbocycles. The number of aromatic nitrogens is 2. The second-order valence-electron chi connectivity index (χ2n) is 5.39. The first kappa shape index (κ1) is 15.2. The number of anilines is 1. The van der Waals surface area contributed by atoms with E-state index in [9.17, 15) is 0 Å². The van der Waals surface area contributed by atoms with E-state index in [0.29, 0.717) is 0 Å². The quantitative estimate of drug-likeness (QED) is 0.852. The van der Waals surface area contributed by atoms with Gasteiger partial charge in [0, 0.05) is 50.2 Å². The zero-order valence-corrected chi connectivity index (χ0v) is 13.0. The highest BCUT2D eigenvalue weighted by molar-refractivity contribution is 5.33. The lowest BCUT2D eigenvalue weighted by molar-refractivity contribution is 0.257. The molecule has 1 aliphatic heterocycles. The monoisotopic (exact) mass is 277 g/mol. The van der Waals surface area contributed by atoms with Gasteiger partial charge < -0.3 is 10.2 Å². The number of hydrogen-bond acceptors (Lipinski definition) is 5. The molecule has 0 radical (unpaired) electrons. The van der Waals surface area contributed by atoms with E-state index in [4.69, 9.17) is 0 Å². The fourth-order valence-electron chi connectivity index (χ4n) is 2.55. The van der Waals surface area contributed by atoms with Gasteiger partial charge in [-0.3, -0.25) is 4.90 Å². The molecule has 2 rings (SSSR count). The summed E-state index contributed by atoms with van der Waals surface area (Å²) in [6.45, 7) is 13.8. The summed E-state index contributed by atoms with van der Waals surface area (Å²) in [6, 6.07) is 0. The number of hydrogen-bond donors (Lipinski definition) is 1. The van der Waals surface area contributed by atoms with E-state index in [0.717, 1.165) is 50.9 Å². The Morgan fingerprint density at radius 2 is 1.95 bits per heavy atom. The summed E-state index contributed by atoms with van der Waals surface area (Å²) in [6.07, 6.45) is 3.20. The van der Waals surface area contributed by atoms with Crippen molar-refractivity contribution in [1.82, 2.24) is 20.2 Å². The maximum atomic E-state index is 4.68. The van der Waals surface area contributed by atoms with Crippen LogP contribution in [0, 0.1) is 6.92 Å². The molecule has 5 heteroatoms. The standard InChI is InChI=1S/C15H27N5/c1-4-6-19-7-9-20(10-8-19)15-17-12-14(11-16-5-2)13(3)18-15/h12,16H,4-11H2,1-3H3. The van der Waals surface area contributed by atoms with Crippen LogP contribution in [0.5, 0.6) is 0 Å². The lowest BCUT2D eigenvalue weighted by atomic mass is 10.2. The fraction of sp³-hybridized carbons (Fsp3) is 0.733. The van der Waals surface area contributed by atoms with Crippen LogP contribution < -0.4 is 10.2 Å². The first-order chi connectivity index (χ1) is 9.74. The van der Waals surface area contributed by atoms with Gasteiger partial charge in [0.25, 0.3) is 0 Å². The molecule has 112 valence electrons. The molecule has 1 N–H and O–H groups in total. The van der Waals surface area contributed by atoms with Gasteiger partial charge in [-0.05, 0) is 26.4 Å². The zero-order chi connectivity index (χ0) is 14.4. The summed E-state index contributed by atoms with van der Waals surface area (Å²) in [7, 11) is 0. The number of nitrogens with zero attached hydrogens (tertiary/aromatic N) is 4. The van der Waals surface area contributed by atoms with Crippen LogP contribution in [0.15, 0.2) is 6.20 Å². The molecule has 0 amide bonds. The molecule has 2 heterocycles. The van der Waals surface area contributed by atoms with Gasteiger partial charge in [0.1, 0.15) is 0 Å². The lowest BCUT2D eigenvalue weighted by Crippen LogP contribution is -2.47. The van der Waals surface area contributed by atoms with E-state index in [-0.39, 0.29) is 0 Å². The number of nitrogens with one attached hydrogen (secondary N) is 1. The molecule has 1 aromatic rings. The molecule has 0 unspecified atom stereocenters. The first-order valence-electron chi connectivity index (χ1n) is 7.75. The predicted molar refractivity (Wildman–Crippen MR) is 83.1 cm³/mol. The number of aryl methyl sites for hydroxylation is 1. The Morgan fingerprint density at radius 1 is 1.20 bits per heavy atom. The van der Waals surface area contributed by atoms with Gasteiger partial charge in [-0.2, -0.15) is 0 Å². The fourth-order valence-corrected chi connectivity index (χ4v) is 2.55. The summed E-state index contributed by atoms with van der Waals surface area (Å²) in [5, 5.41) is 3.32. The van der Waals surface area contributed by atoms with Crippen molar-refractivity contribution < 1.29 is 0 Å². The third-order valence-electron chi connectivity index (χ3n) is 3.83. The van der Waals surface area contributed by atoms with Crippen LogP contribution in [-0.2, 0) is 6.54 Å². The molecule has 1 aliphatic rings. The van der Waals surface area contributed by atoms with Crippen LogP contribution in [0.2, 0.25) is 0 Å². The highest BCUT2D eigenvalue weighted by atomic mass is 15.3. The van der Waals surface area contributed by atoms with Gasteiger partial charge in [-0.15, -0.1) is 0 Å². The second kappa shape index (κ2) is 7.55. The minimum absolute atomic E-state index is 0.854. The Kier molecular flexibility index (Phi) is 5.73. The zero-order valence-electron chi connectivity index (χ0n) is 13.0. The molecule has 0 spiro atoms. The topological polar surface area (TPSA) is 44.3 Å². The van der Waals surface area contributed by atoms with Crippen molar-refractivity contribution in [2.24, 2.45) is 0 Å². The molecular formula is C15H27N5. The average Bonchev–Trinajstić information content (AvgIpc) is 2.47. The van der Waals surface area contributed by atoms with Crippen molar-refractivity contribution >= 4 is 5.95 Å². The van der Waals surface area contributed by atoms with E-state index < -0.39 is 0 Å².